The largest absolute Gasteiger partial charge is 0.508 e. The van der Waals surface area contributed by atoms with Gasteiger partial charge in [0.05, 0.1) is 60.1 Å². The van der Waals surface area contributed by atoms with Crippen molar-refractivity contribution in [3.63, 3.8) is 0 Å². The number of amides is 7. The van der Waals surface area contributed by atoms with Gasteiger partial charge in [0.25, 0.3) is 0 Å². The van der Waals surface area contributed by atoms with Gasteiger partial charge in [-0.2, -0.15) is 0 Å². The van der Waals surface area contributed by atoms with E-state index >= 15 is 24.0 Å². The molecule has 8 aliphatic rings. The van der Waals surface area contributed by atoms with Gasteiger partial charge < -0.3 is 153 Å². The van der Waals surface area contributed by atoms with Gasteiger partial charge in [-0.3, -0.25) is 33.6 Å². The van der Waals surface area contributed by atoms with E-state index in [9.17, 15) is 75.3 Å². The number of aromatic hydroxyl groups is 3. The van der Waals surface area contributed by atoms with E-state index in [1.54, 1.807) is 24.3 Å². The zero-order valence-electron chi connectivity index (χ0n) is 71.3. The highest BCUT2D eigenvalue weighted by molar-refractivity contribution is 6.32. The summed E-state index contributed by atoms with van der Waals surface area (Å²) in [4.78, 5) is 134. The van der Waals surface area contributed by atoms with Gasteiger partial charge in [-0.05, 0) is 153 Å². The lowest BCUT2D eigenvalue weighted by Crippen LogP contribution is -2.66. The minimum atomic E-state index is -2.44. The molecule has 11 bridgehead atoms. The Kier molecular flexibility index (Phi) is 30.1. The van der Waals surface area contributed by atoms with Gasteiger partial charge in [-0.1, -0.05) is 103 Å². The molecule has 702 valence electrons. The Bertz CT molecular complexity index is 5470. The first kappa shape index (κ1) is 97.4. The number of carbonyl (C=O) groups is 9. The van der Waals surface area contributed by atoms with Crippen LogP contribution in [0.25, 0.3) is 22.3 Å². The highest BCUT2D eigenvalue weighted by Gasteiger charge is 2.54. The van der Waals surface area contributed by atoms with Crippen LogP contribution in [-0.2, 0) is 78.2 Å². The van der Waals surface area contributed by atoms with E-state index in [1.165, 1.54) is 52.9 Å². The Balaban J connectivity index is 0.987. The summed E-state index contributed by atoms with van der Waals surface area (Å²) in [5, 5.41) is 148. The van der Waals surface area contributed by atoms with Crippen molar-refractivity contribution in [3.8, 4) is 68.2 Å². The van der Waals surface area contributed by atoms with Crippen LogP contribution in [0.1, 0.15) is 131 Å². The van der Waals surface area contributed by atoms with Crippen LogP contribution in [-0.4, -0.2) is 239 Å². The molecule has 0 spiro atoms. The molecule has 7 aromatic rings. The SMILES string of the molecule is CN[C@H](CC(C)C)C(=O)N[C@@H]1C(=O)NC(CC(N)=O)C(=O)NC2C(=O)NC3C(=O)N[C@H](C(=O)NC(C(=O)O)c4cc(O)cc(O)c4-c4cc3ccc4O)[C@H](OC3CC(C)(N)C(O)C(C)O3)c3ccc(c(Cl)c3)Oc3cc2cc(c3OC2OC(CO)C(O)C(O)C2OC2CC(C)(NCC(OCc3ccc(-c4ccc(Cl)cc4)cc3)C(=O)O)C(O)C(C)O2)Oc2ccc(cc2Cl)C1O. The van der Waals surface area contributed by atoms with E-state index in [0.717, 1.165) is 71.8 Å². The molecular weight excluding hydrogens is 1780 g/mol. The highest BCUT2D eigenvalue weighted by atomic mass is 35.5. The molecule has 39 nitrogen and oxygen atoms in total. The van der Waals surface area contributed by atoms with Crippen LogP contribution in [0.3, 0.4) is 0 Å². The van der Waals surface area contributed by atoms with Crippen molar-refractivity contribution in [2.45, 2.75) is 213 Å². The van der Waals surface area contributed by atoms with Gasteiger partial charge in [-0.15, -0.1) is 0 Å². The molecule has 0 aliphatic carbocycles. The van der Waals surface area contributed by atoms with Crippen LogP contribution < -0.4 is 68.2 Å². The number of carbonyl (C=O) groups excluding carboxylic acids is 7. The van der Waals surface area contributed by atoms with Crippen LogP contribution in [0.2, 0.25) is 15.1 Å². The van der Waals surface area contributed by atoms with Crippen LogP contribution in [0.15, 0.2) is 127 Å². The van der Waals surface area contributed by atoms with E-state index in [0.29, 0.717) is 10.6 Å². The van der Waals surface area contributed by atoms with Crippen LogP contribution in [0, 0.1) is 5.92 Å². The minimum absolute atomic E-state index is 0.137. The molecule has 3 saturated heterocycles. The van der Waals surface area contributed by atoms with Crippen molar-refractivity contribution in [1.82, 2.24) is 42.5 Å². The number of phenols is 3. The van der Waals surface area contributed by atoms with Crippen LogP contribution in [0.5, 0.6) is 46.0 Å². The molecule has 8 aliphatic heterocycles. The van der Waals surface area contributed by atoms with Crippen molar-refractivity contribution in [2.24, 2.45) is 17.4 Å². The van der Waals surface area contributed by atoms with Gasteiger partial charge in [0.1, 0.15) is 89.5 Å². The fourth-order valence-electron chi connectivity index (χ4n) is 16.6. The molecule has 7 aromatic carbocycles. The van der Waals surface area contributed by atoms with Crippen LogP contribution in [0.4, 0.5) is 0 Å². The van der Waals surface area contributed by atoms with Crippen molar-refractivity contribution in [3.05, 3.63) is 176 Å². The summed E-state index contributed by atoms with van der Waals surface area (Å²) < 4.78 is 58.6. The van der Waals surface area contributed by atoms with E-state index in [-0.39, 0.29) is 36.5 Å². The summed E-state index contributed by atoms with van der Waals surface area (Å²) in [5.74, 6) is -18.0. The zero-order chi connectivity index (χ0) is 94.8. The monoisotopic (exact) mass is 1880 g/mol. The summed E-state index contributed by atoms with van der Waals surface area (Å²) in [6, 6.07) is 13.4. The summed E-state index contributed by atoms with van der Waals surface area (Å²) in [6.07, 6.45) is -25.9. The number of benzene rings is 7. The van der Waals surface area contributed by atoms with E-state index in [4.69, 9.17) is 88.9 Å². The minimum Gasteiger partial charge on any atom is -0.508 e. The number of nitrogens with two attached hydrogens (primary N) is 2. The summed E-state index contributed by atoms with van der Waals surface area (Å²) in [6.45, 7) is 7.86. The number of carboxylic acids is 2. The number of fused-ring (bicyclic) bond motifs is 15. The number of phenolic OH excluding ortho intramolecular Hbond substituents is 3. The maximum Gasteiger partial charge on any atom is 0.334 e. The first-order valence-electron chi connectivity index (χ1n) is 41.7. The molecule has 131 heavy (non-hydrogen) atoms. The normalized spacial score (nSPS) is 29.1. The predicted molar refractivity (Wildman–Crippen MR) is 463 cm³/mol. The first-order chi connectivity index (χ1) is 62.0. The van der Waals surface area contributed by atoms with Gasteiger partial charge >= 0.3 is 11.9 Å². The first-order valence-corrected chi connectivity index (χ1v) is 42.8. The lowest BCUT2D eigenvalue weighted by Gasteiger charge is -2.48. The van der Waals surface area contributed by atoms with Gasteiger partial charge in [0.15, 0.2) is 42.3 Å². The highest BCUT2D eigenvalue weighted by Crippen LogP contribution is 2.51. The molecule has 19 unspecified atom stereocenters. The quantitative estimate of drug-likeness (QED) is 0.0431. The number of ether oxygens (including phenoxy) is 9. The van der Waals surface area contributed by atoms with Crippen molar-refractivity contribution in [1.29, 1.82) is 0 Å². The molecule has 15 rings (SSSR count). The lowest BCUT2D eigenvalue weighted by molar-refractivity contribution is -0.334. The number of carboxylic acid groups (broad SMARTS) is 2. The number of aliphatic hydroxyl groups excluding tert-OH is 6. The number of hydrogen-bond donors (Lipinski definition) is 21. The maximum atomic E-state index is 16.6. The number of likely N-dealkylation sites (N-methyl/N-ethyl adjacent to an activating group) is 1. The van der Waals surface area contributed by atoms with Gasteiger partial charge in [0.2, 0.25) is 53.4 Å². The van der Waals surface area contributed by atoms with Crippen molar-refractivity contribution >= 4 is 88.1 Å². The number of rotatable bonds is 23. The number of halogens is 3. The van der Waals surface area contributed by atoms with Crippen LogP contribution >= 0.6 is 34.8 Å². The molecule has 3 fully saturated rings. The molecule has 7 amide bonds. The maximum absolute atomic E-state index is 16.6. The number of aliphatic carboxylic acids is 2. The second-order valence-corrected chi connectivity index (χ2v) is 35.1. The Morgan fingerprint density at radius 2 is 1.23 bits per heavy atom. The zero-order valence-corrected chi connectivity index (χ0v) is 73.6. The van der Waals surface area contributed by atoms with E-state index in [2.05, 4.69) is 42.5 Å². The number of nitrogens with one attached hydrogen (secondary N) is 8. The molecule has 0 saturated carbocycles. The molecule has 8 heterocycles. The summed E-state index contributed by atoms with van der Waals surface area (Å²) >= 11 is 20.8. The lowest BCUT2D eigenvalue weighted by atomic mass is 9.84. The summed E-state index contributed by atoms with van der Waals surface area (Å²) in [7, 11) is 1.46. The van der Waals surface area contributed by atoms with Crippen molar-refractivity contribution < 1.29 is 142 Å². The Morgan fingerprint density at radius 3 is 1.83 bits per heavy atom. The molecule has 23 atom stereocenters. The Morgan fingerprint density at radius 1 is 0.634 bits per heavy atom. The average molecular weight is 1880 g/mol. The average Bonchev–Trinajstić information content (AvgIpc) is 0.763. The molecule has 0 radical (unpaired) electrons. The fourth-order valence-corrected chi connectivity index (χ4v) is 17.2. The Labute approximate surface area is 763 Å². The number of hydrogen-bond acceptors (Lipinski definition) is 30. The second-order valence-electron chi connectivity index (χ2n) is 33.9. The van der Waals surface area contributed by atoms with Gasteiger partial charge in [0, 0.05) is 58.2 Å². The smallest absolute Gasteiger partial charge is 0.334 e. The third kappa shape index (κ3) is 21.8. The fraction of sp³-hybridized carbons (Fsp3) is 0.427. The number of aliphatic hydroxyl groups is 6. The summed E-state index contributed by atoms with van der Waals surface area (Å²) in [5.41, 5.74) is 8.81. The standard InChI is InChI=1S/C89H101Cl3N10O29/c1-36(2)22-52(95-7)79(113)101-69-71(108)43-15-20-56(50(91)24-43)126-58-26-45-27-59(75(58)131-87-76(73(110)72(109)61(34-103)128-87)130-64-32-89(6,78(112)38(4)125-64)96-33-60(85(119)120)123-35-39-8-10-40(11-9-39)41-12-17-46(90)18-13-41)127-57-21-16-44(25-51(57)92)74(129-63-31-88(5,94)77(111)37(3)124-63)70-84(118)100-68(86(121)122)49-28-47(104)29-55(106)65(49)48-23-42(14-19-54(48)105)66(81(115)102-70)99-82(116)67(45)98-80(114)53(30-62(93)107)97-83(69)117/h8-21,23-29,36-38,52-53,60-61,63-64,66-74,76-78,87,95-96,103-106,108-112H,22,30-35,94H2,1-7H3,(H2,93,107)(H,97,117)(H,98,114)(H,99,116)(H,100,118)(H,101,113)(H,102,115)(H,119,120)(H,121,122)/t37?,38?,52-,53?,60?,61?,63?,64?,66?,67?,68?,69+,70+,71?,72?,73?,74-,76?,77?,78?,87?,88?,89?/m1/s1. The molecule has 23 N–H and O–H groups in total. The van der Waals surface area contributed by atoms with Gasteiger partial charge in [-0.25, -0.2) is 9.59 Å². The Hall–Kier alpha value is -11.2. The van der Waals surface area contributed by atoms with E-state index < -0.39 is 303 Å². The topological polar surface area (TPSA) is 608 Å². The third-order valence-electron chi connectivity index (χ3n) is 23.6. The van der Waals surface area contributed by atoms with Crippen molar-refractivity contribution in [2.75, 3.05) is 20.2 Å². The molecule has 42 heteroatoms. The third-order valence-corrected chi connectivity index (χ3v) is 24.5. The molecular formula is C89H101Cl3N10O29. The predicted octanol–water partition coefficient (Wildman–Crippen LogP) is 3.97. The van der Waals surface area contributed by atoms with E-state index in [1.807, 2.05) is 38.1 Å². The molecule has 0 aromatic heterocycles. The number of primary amides is 1. The second kappa shape index (κ2) is 40.5.